The van der Waals surface area contributed by atoms with Gasteiger partial charge in [-0.1, -0.05) is 17.7 Å². The number of aromatic nitrogens is 2. The van der Waals surface area contributed by atoms with Crippen molar-refractivity contribution in [3.63, 3.8) is 0 Å². The molecule has 2 aromatic carbocycles. The van der Waals surface area contributed by atoms with Crippen LogP contribution in [0.25, 0.3) is 22.3 Å². The number of rotatable bonds is 2. The number of fused-ring (bicyclic) bond motifs is 1. The van der Waals surface area contributed by atoms with Crippen LogP contribution in [0, 0.1) is 6.92 Å². The first-order valence-corrected chi connectivity index (χ1v) is 7.72. The summed E-state index contributed by atoms with van der Waals surface area (Å²) in [6.45, 7) is 1.84. The van der Waals surface area contributed by atoms with Crippen LogP contribution in [0.1, 0.15) is 5.56 Å². The topological polar surface area (TPSA) is 74.8 Å². The van der Waals surface area contributed by atoms with Crippen molar-refractivity contribution in [2.24, 2.45) is 0 Å². The molecule has 3 rings (SSSR count). The van der Waals surface area contributed by atoms with Crippen molar-refractivity contribution in [2.45, 2.75) is 13.1 Å². The minimum atomic E-state index is -5.07. The van der Waals surface area contributed by atoms with Crippen LogP contribution in [0.5, 0.6) is 0 Å². The molecule has 0 aliphatic rings. The van der Waals surface area contributed by atoms with Crippen molar-refractivity contribution in [3.8, 4) is 11.3 Å². The van der Waals surface area contributed by atoms with Gasteiger partial charge in [0.25, 0.3) is 5.56 Å². The van der Waals surface area contributed by atoms with Gasteiger partial charge in [0.15, 0.2) is 0 Å². The molecule has 0 spiro atoms. The molecule has 0 saturated heterocycles. The van der Waals surface area contributed by atoms with Crippen LogP contribution in [0.4, 0.5) is 18.9 Å². The minimum Gasteiger partial charge on any atom is -0.319 e. The van der Waals surface area contributed by atoms with Crippen LogP contribution in [-0.4, -0.2) is 22.1 Å². The lowest BCUT2D eigenvalue weighted by molar-refractivity contribution is -0.167. The molecule has 26 heavy (non-hydrogen) atoms. The molecule has 0 aliphatic carbocycles. The van der Waals surface area contributed by atoms with Crippen molar-refractivity contribution in [1.29, 1.82) is 0 Å². The molecule has 0 atom stereocenters. The zero-order chi connectivity index (χ0) is 19.1. The SMILES string of the molecule is Cc1ccc2nc(-c3cc(Cl)ccc3NC(=O)C(F)(F)F)c(=O)[nH]c2c1. The molecule has 3 aromatic rings. The molecule has 134 valence electrons. The van der Waals surface area contributed by atoms with Crippen LogP contribution in [0.2, 0.25) is 5.02 Å². The fraction of sp³-hybridized carbons (Fsp3) is 0.118. The van der Waals surface area contributed by atoms with E-state index in [1.807, 2.05) is 6.92 Å². The number of aromatic amines is 1. The van der Waals surface area contributed by atoms with Gasteiger partial charge in [-0.15, -0.1) is 0 Å². The predicted octanol–water partition coefficient (Wildman–Crippen LogP) is 4.05. The molecule has 9 heteroatoms. The van der Waals surface area contributed by atoms with Gasteiger partial charge in [-0.05, 0) is 42.8 Å². The highest BCUT2D eigenvalue weighted by molar-refractivity contribution is 6.31. The van der Waals surface area contributed by atoms with Gasteiger partial charge in [-0.2, -0.15) is 13.2 Å². The Morgan fingerprint density at radius 3 is 2.62 bits per heavy atom. The van der Waals surface area contributed by atoms with Gasteiger partial charge in [0.2, 0.25) is 0 Å². The summed E-state index contributed by atoms with van der Waals surface area (Å²) in [7, 11) is 0. The molecule has 0 unspecified atom stereocenters. The third kappa shape index (κ3) is 3.55. The van der Waals surface area contributed by atoms with Gasteiger partial charge in [0.05, 0.1) is 16.7 Å². The normalized spacial score (nSPS) is 11.6. The largest absolute Gasteiger partial charge is 0.471 e. The number of H-pyrrole nitrogens is 1. The number of halogens is 4. The molecule has 0 radical (unpaired) electrons. The van der Waals surface area contributed by atoms with Crippen molar-refractivity contribution in [3.05, 3.63) is 57.3 Å². The van der Waals surface area contributed by atoms with E-state index >= 15 is 0 Å². The maximum Gasteiger partial charge on any atom is 0.471 e. The summed E-state index contributed by atoms with van der Waals surface area (Å²) < 4.78 is 37.7. The van der Waals surface area contributed by atoms with Gasteiger partial charge in [0, 0.05) is 10.6 Å². The zero-order valence-electron chi connectivity index (χ0n) is 13.2. The highest BCUT2D eigenvalue weighted by Crippen LogP contribution is 2.30. The van der Waals surface area contributed by atoms with E-state index < -0.39 is 17.6 Å². The summed E-state index contributed by atoms with van der Waals surface area (Å²) in [4.78, 5) is 30.5. The number of hydrogen-bond acceptors (Lipinski definition) is 3. The Balaban J connectivity index is 2.17. The minimum absolute atomic E-state index is 0.0150. The van der Waals surface area contributed by atoms with Gasteiger partial charge in [0.1, 0.15) is 5.69 Å². The predicted molar refractivity (Wildman–Crippen MR) is 92.2 cm³/mol. The second-order valence-corrected chi connectivity index (χ2v) is 6.01. The fourth-order valence-corrected chi connectivity index (χ4v) is 2.57. The monoisotopic (exact) mass is 381 g/mol. The number of nitrogens with zero attached hydrogens (tertiary/aromatic N) is 1. The molecular formula is C17H11ClF3N3O2. The lowest BCUT2D eigenvalue weighted by Gasteiger charge is -2.13. The molecule has 0 bridgehead atoms. The Labute approximate surface area is 149 Å². The van der Waals surface area contributed by atoms with Gasteiger partial charge >= 0.3 is 12.1 Å². The summed E-state index contributed by atoms with van der Waals surface area (Å²) in [6.07, 6.45) is -5.07. The van der Waals surface area contributed by atoms with E-state index in [-0.39, 0.29) is 22.0 Å². The Kier molecular flexibility index (Phi) is 4.45. The summed E-state index contributed by atoms with van der Waals surface area (Å²) >= 11 is 5.91. The van der Waals surface area contributed by atoms with Crippen molar-refractivity contribution < 1.29 is 18.0 Å². The number of nitrogens with one attached hydrogen (secondary N) is 2. The number of benzene rings is 2. The molecule has 2 N–H and O–H groups in total. The standard InChI is InChI=1S/C17H11ClF3N3O2/c1-8-2-4-12-13(6-8)23-15(25)14(22-12)10-7-9(18)3-5-11(10)24-16(26)17(19,20)21/h2-7H,1H3,(H,23,25)(H,24,26). The summed E-state index contributed by atoms with van der Waals surface area (Å²) in [6, 6.07) is 8.92. The first kappa shape index (κ1) is 17.9. The molecular weight excluding hydrogens is 371 g/mol. The Morgan fingerprint density at radius 2 is 1.92 bits per heavy atom. The fourth-order valence-electron chi connectivity index (χ4n) is 2.40. The molecule has 1 amide bonds. The first-order chi connectivity index (χ1) is 12.1. The number of carbonyl (C=O) groups excluding carboxylic acids is 1. The maximum atomic E-state index is 12.6. The van der Waals surface area contributed by atoms with E-state index in [1.54, 1.807) is 23.5 Å². The summed E-state index contributed by atoms with van der Waals surface area (Å²) in [5, 5.41) is 1.92. The Bertz CT molecular complexity index is 1080. The maximum absolute atomic E-state index is 12.6. The van der Waals surface area contributed by atoms with Crippen LogP contribution in [0.3, 0.4) is 0 Å². The molecule has 0 fully saturated rings. The average molecular weight is 382 g/mol. The molecule has 1 heterocycles. The second-order valence-electron chi connectivity index (χ2n) is 5.58. The van der Waals surface area contributed by atoms with Crippen LogP contribution < -0.4 is 10.9 Å². The number of alkyl halides is 3. The van der Waals surface area contributed by atoms with Crippen LogP contribution in [0.15, 0.2) is 41.2 Å². The number of aryl methyl sites for hydroxylation is 1. The summed E-state index contributed by atoms with van der Waals surface area (Å²) in [5.41, 5.74) is 0.831. The van der Waals surface area contributed by atoms with Crippen molar-refractivity contribution in [1.82, 2.24) is 9.97 Å². The lowest BCUT2D eigenvalue weighted by Crippen LogP contribution is -2.30. The molecule has 5 nitrogen and oxygen atoms in total. The van der Waals surface area contributed by atoms with E-state index in [2.05, 4.69) is 9.97 Å². The molecule has 0 aliphatic heterocycles. The smallest absolute Gasteiger partial charge is 0.319 e. The van der Waals surface area contributed by atoms with Crippen molar-refractivity contribution >= 4 is 34.2 Å². The van der Waals surface area contributed by atoms with Crippen molar-refractivity contribution in [2.75, 3.05) is 5.32 Å². The zero-order valence-corrected chi connectivity index (χ0v) is 14.0. The quantitative estimate of drug-likeness (QED) is 0.703. The summed E-state index contributed by atoms with van der Waals surface area (Å²) in [5.74, 6) is -2.16. The average Bonchev–Trinajstić information content (AvgIpc) is 2.55. The third-order valence-corrected chi connectivity index (χ3v) is 3.83. The Morgan fingerprint density at radius 1 is 1.19 bits per heavy atom. The number of amides is 1. The second kappa shape index (κ2) is 6.45. The van der Waals surface area contributed by atoms with Crippen LogP contribution >= 0.6 is 11.6 Å². The Hall–Kier alpha value is -2.87. The molecule has 1 aromatic heterocycles. The number of anilines is 1. The van der Waals surface area contributed by atoms with Gasteiger partial charge in [-0.25, -0.2) is 4.98 Å². The van der Waals surface area contributed by atoms with Gasteiger partial charge in [-0.3, -0.25) is 9.59 Å². The highest BCUT2D eigenvalue weighted by atomic mass is 35.5. The first-order valence-electron chi connectivity index (χ1n) is 7.34. The molecule has 0 saturated carbocycles. The van der Waals surface area contributed by atoms with Gasteiger partial charge < -0.3 is 10.3 Å². The van der Waals surface area contributed by atoms with E-state index in [4.69, 9.17) is 11.6 Å². The third-order valence-electron chi connectivity index (χ3n) is 3.59. The highest BCUT2D eigenvalue weighted by Gasteiger charge is 2.39. The van der Waals surface area contributed by atoms with Crippen LogP contribution in [-0.2, 0) is 4.79 Å². The lowest BCUT2D eigenvalue weighted by atomic mass is 10.1. The van der Waals surface area contributed by atoms with E-state index in [9.17, 15) is 22.8 Å². The number of carbonyl (C=O) groups is 1. The van der Waals surface area contributed by atoms with E-state index in [1.165, 1.54) is 18.2 Å². The van der Waals surface area contributed by atoms with E-state index in [0.29, 0.717) is 11.0 Å². The van der Waals surface area contributed by atoms with E-state index in [0.717, 1.165) is 5.56 Å². The number of hydrogen-bond donors (Lipinski definition) is 2.